The molecule has 1 aromatic carbocycles. The lowest BCUT2D eigenvalue weighted by atomic mass is 10.0. The first-order valence-corrected chi connectivity index (χ1v) is 6.75. The maximum absolute atomic E-state index is 12.1. The summed E-state index contributed by atoms with van der Waals surface area (Å²) in [6.45, 7) is 1.21. The van der Waals surface area contributed by atoms with Crippen LogP contribution in [0.1, 0.15) is 12.0 Å². The van der Waals surface area contributed by atoms with E-state index < -0.39 is 0 Å². The van der Waals surface area contributed by atoms with Crippen LogP contribution in [0.2, 0.25) is 0 Å². The number of aldehydes is 1. The van der Waals surface area contributed by atoms with Gasteiger partial charge in [0.2, 0.25) is 0 Å². The summed E-state index contributed by atoms with van der Waals surface area (Å²) >= 11 is 3.21. The van der Waals surface area contributed by atoms with E-state index in [0.29, 0.717) is 25.1 Å². The van der Waals surface area contributed by atoms with Crippen molar-refractivity contribution in [2.75, 3.05) is 6.54 Å². The number of hydrogen-bond donors (Lipinski definition) is 0. The first-order chi connectivity index (χ1) is 8.76. The topological polar surface area (TPSA) is 37.4 Å². The molecule has 1 atom stereocenters. The highest BCUT2D eigenvalue weighted by Gasteiger charge is 2.34. The number of carbonyl (C=O) groups excluding carboxylic acids is 2. The molecule has 94 valence electrons. The fraction of sp³-hybridized carbons (Fsp3) is 0.286. The van der Waals surface area contributed by atoms with E-state index in [1.807, 2.05) is 30.3 Å². The van der Waals surface area contributed by atoms with E-state index in [1.54, 1.807) is 9.89 Å². The van der Waals surface area contributed by atoms with Crippen LogP contribution in [0.15, 0.2) is 40.9 Å². The molecule has 1 amide bonds. The average molecular weight is 308 g/mol. The molecule has 3 nitrogen and oxygen atoms in total. The second kappa shape index (κ2) is 5.96. The van der Waals surface area contributed by atoms with E-state index in [-0.39, 0.29) is 11.8 Å². The van der Waals surface area contributed by atoms with Crippen LogP contribution in [0, 0.1) is 5.92 Å². The summed E-state index contributed by atoms with van der Waals surface area (Å²) in [5.74, 6) is 0.0284. The van der Waals surface area contributed by atoms with Crippen molar-refractivity contribution in [3.63, 3.8) is 0 Å². The number of rotatable bonds is 4. The molecule has 4 heteroatoms. The second-order valence-electron chi connectivity index (χ2n) is 4.34. The fourth-order valence-electron chi connectivity index (χ4n) is 2.20. The Balaban J connectivity index is 2.11. The molecule has 18 heavy (non-hydrogen) atoms. The molecule has 0 aromatic heterocycles. The molecular formula is C14H14BrNO2. The quantitative estimate of drug-likeness (QED) is 0.633. The van der Waals surface area contributed by atoms with Crippen LogP contribution in [0.3, 0.4) is 0 Å². The summed E-state index contributed by atoms with van der Waals surface area (Å²) in [5, 5.41) is 0. The molecule has 0 aliphatic carbocycles. The van der Waals surface area contributed by atoms with Crippen molar-refractivity contribution < 1.29 is 9.59 Å². The van der Waals surface area contributed by atoms with E-state index >= 15 is 0 Å². The Morgan fingerprint density at radius 1 is 1.33 bits per heavy atom. The van der Waals surface area contributed by atoms with Crippen LogP contribution in [0.25, 0.3) is 0 Å². The van der Waals surface area contributed by atoms with Crippen molar-refractivity contribution >= 4 is 28.1 Å². The monoisotopic (exact) mass is 307 g/mol. The minimum atomic E-state index is 0.0121. The van der Waals surface area contributed by atoms with Crippen LogP contribution >= 0.6 is 15.9 Å². The lowest BCUT2D eigenvalue weighted by molar-refractivity contribution is -0.125. The summed E-state index contributed by atoms with van der Waals surface area (Å²) in [7, 11) is 0. The Labute approximate surface area is 115 Å². The molecule has 2 rings (SSSR count). The lowest BCUT2D eigenvalue weighted by Gasteiger charge is -2.15. The van der Waals surface area contributed by atoms with Crippen LogP contribution in [-0.2, 0) is 16.1 Å². The van der Waals surface area contributed by atoms with Gasteiger partial charge >= 0.3 is 0 Å². The zero-order valence-electron chi connectivity index (χ0n) is 9.88. The highest BCUT2D eigenvalue weighted by molar-refractivity contribution is 9.11. The molecule has 0 N–H and O–H groups in total. The van der Waals surface area contributed by atoms with Crippen molar-refractivity contribution in [2.45, 2.75) is 13.0 Å². The zero-order valence-corrected chi connectivity index (χ0v) is 11.5. The molecule has 1 aromatic rings. The molecule has 1 saturated heterocycles. The number of nitrogens with zero attached hydrogens (tertiary/aromatic N) is 1. The third-order valence-electron chi connectivity index (χ3n) is 3.13. The molecule has 1 fully saturated rings. The Hall–Kier alpha value is -1.42. The molecule has 0 saturated carbocycles. The smallest absolute Gasteiger partial charge is 0.250 e. The van der Waals surface area contributed by atoms with Gasteiger partial charge in [-0.3, -0.25) is 4.79 Å². The zero-order chi connectivity index (χ0) is 13.0. The van der Waals surface area contributed by atoms with Crippen LogP contribution in [0.4, 0.5) is 0 Å². The van der Waals surface area contributed by atoms with Gasteiger partial charge in [-0.2, -0.15) is 0 Å². The van der Waals surface area contributed by atoms with Crippen LogP contribution in [0.5, 0.6) is 0 Å². The number of likely N-dealkylation sites (tertiary alicyclic amines) is 1. The number of benzene rings is 1. The van der Waals surface area contributed by atoms with Crippen molar-refractivity contribution in [1.29, 1.82) is 0 Å². The number of carbonyl (C=O) groups is 2. The van der Waals surface area contributed by atoms with Crippen LogP contribution < -0.4 is 0 Å². The highest BCUT2D eigenvalue weighted by Crippen LogP contribution is 2.28. The highest BCUT2D eigenvalue weighted by atomic mass is 79.9. The molecule has 1 aliphatic heterocycles. The van der Waals surface area contributed by atoms with Gasteiger partial charge in [0, 0.05) is 31.0 Å². The van der Waals surface area contributed by atoms with Crippen LogP contribution in [-0.4, -0.2) is 23.6 Å². The maximum Gasteiger partial charge on any atom is 0.250 e. The fourth-order valence-corrected chi connectivity index (χ4v) is 2.77. The van der Waals surface area contributed by atoms with E-state index in [1.165, 1.54) is 0 Å². The van der Waals surface area contributed by atoms with Gasteiger partial charge < -0.3 is 9.69 Å². The third kappa shape index (κ3) is 2.70. The SMILES string of the molecule is O=CCC1CN(Cc2ccccc2)C(=O)/C1=C\Br. The maximum atomic E-state index is 12.1. The average Bonchev–Trinajstić information content (AvgIpc) is 2.67. The summed E-state index contributed by atoms with van der Waals surface area (Å²) in [6.07, 6.45) is 1.27. The summed E-state index contributed by atoms with van der Waals surface area (Å²) in [6, 6.07) is 9.87. The first kappa shape index (κ1) is 13.0. The van der Waals surface area contributed by atoms with Crippen molar-refractivity contribution in [1.82, 2.24) is 4.90 Å². The summed E-state index contributed by atoms with van der Waals surface area (Å²) in [5.41, 5.74) is 1.80. The van der Waals surface area contributed by atoms with Gasteiger partial charge in [-0.1, -0.05) is 46.3 Å². The first-order valence-electron chi connectivity index (χ1n) is 5.83. The van der Waals surface area contributed by atoms with E-state index in [4.69, 9.17) is 0 Å². The number of amides is 1. The van der Waals surface area contributed by atoms with Gasteiger partial charge in [-0.05, 0) is 10.5 Å². The van der Waals surface area contributed by atoms with Gasteiger partial charge in [0.15, 0.2) is 0 Å². The molecule has 0 bridgehead atoms. The van der Waals surface area contributed by atoms with E-state index in [2.05, 4.69) is 15.9 Å². The van der Waals surface area contributed by atoms with Gasteiger partial charge in [-0.25, -0.2) is 0 Å². The van der Waals surface area contributed by atoms with Crippen molar-refractivity contribution in [2.24, 2.45) is 5.92 Å². The van der Waals surface area contributed by atoms with E-state index in [0.717, 1.165) is 11.8 Å². The predicted molar refractivity (Wildman–Crippen MR) is 73.0 cm³/mol. The Kier molecular flexibility index (Phi) is 4.31. The minimum Gasteiger partial charge on any atom is -0.334 e. The normalized spacial score (nSPS) is 21.6. The van der Waals surface area contributed by atoms with Gasteiger partial charge in [0.05, 0.1) is 0 Å². The lowest BCUT2D eigenvalue weighted by Crippen LogP contribution is -2.24. The summed E-state index contributed by atoms with van der Waals surface area (Å²) in [4.78, 5) is 26.2. The molecular weight excluding hydrogens is 294 g/mol. The number of halogens is 1. The molecule has 1 heterocycles. The molecule has 1 unspecified atom stereocenters. The minimum absolute atomic E-state index is 0.0121. The summed E-state index contributed by atoms with van der Waals surface area (Å²) < 4.78 is 0. The third-order valence-corrected chi connectivity index (χ3v) is 3.62. The van der Waals surface area contributed by atoms with E-state index in [9.17, 15) is 9.59 Å². The number of hydrogen-bond acceptors (Lipinski definition) is 2. The van der Waals surface area contributed by atoms with Crippen molar-refractivity contribution in [3.05, 3.63) is 46.5 Å². The Bertz CT molecular complexity index is 470. The predicted octanol–water partition coefficient (Wildman–Crippen LogP) is 2.51. The Morgan fingerprint density at radius 3 is 2.67 bits per heavy atom. The molecule has 0 radical (unpaired) electrons. The Morgan fingerprint density at radius 2 is 2.06 bits per heavy atom. The molecule has 0 spiro atoms. The van der Waals surface area contributed by atoms with Gasteiger partial charge in [-0.15, -0.1) is 0 Å². The second-order valence-corrected chi connectivity index (χ2v) is 4.79. The molecule has 1 aliphatic rings. The van der Waals surface area contributed by atoms with Gasteiger partial charge in [0.1, 0.15) is 6.29 Å². The van der Waals surface area contributed by atoms with Gasteiger partial charge in [0.25, 0.3) is 5.91 Å². The standard InChI is InChI=1S/C14H14BrNO2/c15-8-13-12(6-7-17)10-16(14(13)18)9-11-4-2-1-3-5-11/h1-5,7-8,12H,6,9-10H2/b13-8-. The largest absolute Gasteiger partial charge is 0.334 e. The van der Waals surface area contributed by atoms with Crippen molar-refractivity contribution in [3.8, 4) is 0 Å².